The Kier molecular flexibility index (Phi) is 4.17. The molecule has 2 aromatic heterocycles. The van der Waals surface area contributed by atoms with Crippen molar-refractivity contribution in [2.45, 2.75) is 24.5 Å². The van der Waals surface area contributed by atoms with Crippen LogP contribution in [0.5, 0.6) is 0 Å². The number of nitrogens with zero attached hydrogens (tertiary/aromatic N) is 4. The van der Waals surface area contributed by atoms with Gasteiger partial charge >= 0.3 is 0 Å². The number of nitrogens with one attached hydrogen (secondary N) is 1. The minimum atomic E-state index is -1.24. The number of hydrogen-bond acceptors (Lipinski definition) is 9. The van der Waals surface area contributed by atoms with Gasteiger partial charge in [-0.2, -0.15) is 9.97 Å². The number of benzene rings is 1. The largest absolute Gasteiger partial charge is 0.394 e. The van der Waals surface area contributed by atoms with E-state index in [2.05, 4.69) is 20.3 Å². The summed E-state index contributed by atoms with van der Waals surface area (Å²) >= 11 is 0. The number of imidazole rings is 1. The summed E-state index contributed by atoms with van der Waals surface area (Å²) in [6.45, 7) is -0.417. The highest BCUT2D eigenvalue weighted by Crippen LogP contribution is 2.32. The van der Waals surface area contributed by atoms with E-state index in [1.165, 1.54) is 10.9 Å². The van der Waals surface area contributed by atoms with Crippen molar-refractivity contribution >= 4 is 28.6 Å². The molecule has 0 bridgehead atoms. The van der Waals surface area contributed by atoms with Crippen LogP contribution in [-0.4, -0.2) is 59.8 Å². The van der Waals surface area contributed by atoms with E-state index in [0.717, 1.165) is 5.69 Å². The lowest BCUT2D eigenvalue weighted by atomic mass is 10.1. The zero-order valence-corrected chi connectivity index (χ0v) is 13.6. The summed E-state index contributed by atoms with van der Waals surface area (Å²) in [5.74, 6) is 0.425. The molecule has 3 aromatic rings. The second kappa shape index (κ2) is 6.50. The van der Waals surface area contributed by atoms with Crippen molar-refractivity contribution in [3.8, 4) is 0 Å². The summed E-state index contributed by atoms with van der Waals surface area (Å²) in [4.78, 5) is 12.8. The number of fused-ring (bicyclic) bond motifs is 1. The maximum absolute atomic E-state index is 10.2. The van der Waals surface area contributed by atoms with Crippen LogP contribution in [0.3, 0.4) is 0 Å². The Bertz CT molecular complexity index is 918. The van der Waals surface area contributed by atoms with Crippen LogP contribution in [0.2, 0.25) is 0 Å². The number of aliphatic hydroxyl groups is 3. The molecule has 0 aliphatic carbocycles. The van der Waals surface area contributed by atoms with Crippen LogP contribution in [0.1, 0.15) is 6.23 Å². The topological polar surface area (TPSA) is 152 Å². The summed E-state index contributed by atoms with van der Waals surface area (Å²) in [7, 11) is 0. The second-order valence-electron chi connectivity index (χ2n) is 5.98. The summed E-state index contributed by atoms with van der Waals surface area (Å²) in [6.07, 6.45) is -2.91. The molecule has 10 heteroatoms. The molecule has 4 atom stereocenters. The first-order valence-electron chi connectivity index (χ1n) is 8.03. The third-order valence-corrected chi connectivity index (χ3v) is 4.27. The van der Waals surface area contributed by atoms with Crippen LogP contribution in [0.15, 0.2) is 36.7 Å². The first-order chi connectivity index (χ1) is 12.6. The van der Waals surface area contributed by atoms with Crippen LogP contribution in [-0.2, 0) is 4.74 Å². The number of para-hydroxylation sites is 1. The van der Waals surface area contributed by atoms with Gasteiger partial charge in [-0.05, 0) is 12.1 Å². The Balaban J connectivity index is 1.73. The molecule has 1 aromatic carbocycles. The molecular formula is C16H18N6O4. The van der Waals surface area contributed by atoms with E-state index >= 15 is 0 Å². The van der Waals surface area contributed by atoms with E-state index in [1.54, 1.807) is 0 Å². The first kappa shape index (κ1) is 16.7. The molecule has 0 saturated carbocycles. The lowest BCUT2D eigenvalue weighted by Crippen LogP contribution is -2.33. The Morgan fingerprint density at radius 3 is 2.62 bits per heavy atom. The zero-order chi connectivity index (χ0) is 18.3. The predicted octanol–water partition coefficient (Wildman–Crippen LogP) is -0.236. The molecule has 1 unspecified atom stereocenters. The lowest BCUT2D eigenvalue weighted by Gasteiger charge is -2.16. The number of anilines is 3. The molecule has 136 valence electrons. The van der Waals surface area contributed by atoms with Gasteiger partial charge in [0.05, 0.1) is 12.9 Å². The average molecular weight is 358 g/mol. The number of nitrogens with two attached hydrogens (primary N) is 1. The summed E-state index contributed by atoms with van der Waals surface area (Å²) in [6, 6.07) is 9.34. The van der Waals surface area contributed by atoms with E-state index in [0.29, 0.717) is 11.2 Å². The molecule has 10 nitrogen and oxygen atoms in total. The van der Waals surface area contributed by atoms with Crippen molar-refractivity contribution in [1.82, 2.24) is 19.5 Å². The van der Waals surface area contributed by atoms with Gasteiger partial charge in [-0.1, -0.05) is 18.2 Å². The molecule has 0 radical (unpaired) electrons. The van der Waals surface area contributed by atoms with Gasteiger partial charge < -0.3 is 31.1 Å². The van der Waals surface area contributed by atoms with Gasteiger partial charge in [0.25, 0.3) is 0 Å². The lowest BCUT2D eigenvalue weighted by molar-refractivity contribution is -0.0511. The van der Waals surface area contributed by atoms with Crippen LogP contribution in [0, 0.1) is 0 Å². The fourth-order valence-electron chi connectivity index (χ4n) is 2.94. The minimum Gasteiger partial charge on any atom is -0.394 e. The van der Waals surface area contributed by atoms with Crippen molar-refractivity contribution < 1.29 is 20.1 Å². The molecule has 1 aliphatic heterocycles. The van der Waals surface area contributed by atoms with Crippen LogP contribution >= 0.6 is 0 Å². The van der Waals surface area contributed by atoms with Crippen LogP contribution in [0.25, 0.3) is 11.2 Å². The van der Waals surface area contributed by atoms with E-state index in [1.807, 2.05) is 30.3 Å². The van der Waals surface area contributed by atoms with Crippen LogP contribution < -0.4 is 11.1 Å². The summed E-state index contributed by atoms with van der Waals surface area (Å²) in [5.41, 5.74) is 7.45. The van der Waals surface area contributed by atoms with Crippen molar-refractivity contribution in [1.29, 1.82) is 0 Å². The number of nitrogen functional groups attached to an aromatic ring is 1. The van der Waals surface area contributed by atoms with Gasteiger partial charge in [-0.25, -0.2) is 4.98 Å². The standard InChI is InChI=1S/C16H18N6O4/c17-13-10-14(21-16(20-13)19-8-4-2-1-3-5-8)22(7-18-10)15-12(25)11(24)9(6-23)26-15/h1-5,7,9,11-12,15,23-25H,6H2,(H3,17,19,20,21)/t9-,11?,12+,15-/m1/s1. The van der Waals surface area contributed by atoms with E-state index in [9.17, 15) is 15.3 Å². The van der Waals surface area contributed by atoms with Crippen molar-refractivity contribution in [3.05, 3.63) is 36.7 Å². The highest BCUT2D eigenvalue weighted by Gasteiger charge is 2.44. The second-order valence-corrected chi connectivity index (χ2v) is 5.98. The number of hydrogen-bond donors (Lipinski definition) is 5. The van der Waals surface area contributed by atoms with Crippen molar-refractivity contribution in [2.75, 3.05) is 17.7 Å². The maximum Gasteiger partial charge on any atom is 0.231 e. The van der Waals surface area contributed by atoms with Gasteiger partial charge in [0.15, 0.2) is 17.7 Å². The highest BCUT2D eigenvalue weighted by molar-refractivity contribution is 5.83. The van der Waals surface area contributed by atoms with Gasteiger partial charge in [0.2, 0.25) is 5.95 Å². The van der Waals surface area contributed by atoms with Gasteiger partial charge in [-0.15, -0.1) is 0 Å². The monoisotopic (exact) mass is 358 g/mol. The number of aromatic nitrogens is 4. The van der Waals surface area contributed by atoms with E-state index < -0.39 is 31.1 Å². The van der Waals surface area contributed by atoms with Crippen molar-refractivity contribution in [3.63, 3.8) is 0 Å². The van der Waals surface area contributed by atoms with Crippen LogP contribution in [0.4, 0.5) is 17.5 Å². The maximum atomic E-state index is 10.2. The van der Waals surface area contributed by atoms with Gasteiger partial charge in [0.1, 0.15) is 23.8 Å². The molecule has 26 heavy (non-hydrogen) atoms. The minimum absolute atomic E-state index is 0.166. The third kappa shape index (κ3) is 2.74. The Hall–Kier alpha value is -2.79. The summed E-state index contributed by atoms with van der Waals surface area (Å²) < 4.78 is 7.00. The van der Waals surface area contributed by atoms with E-state index in [4.69, 9.17) is 10.5 Å². The Morgan fingerprint density at radius 1 is 1.15 bits per heavy atom. The van der Waals surface area contributed by atoms with Crippen molar-refractivity contribution in [2.24, 2.45) is 0 Å². The third-order valence-electron chi connectivity index (χ3n) is 4.27. The quantitative estimate of drug-likeness (QED) is 0.425. The molecule has 6 N–H and O–H groups in total. The zero-order valence-electron chi connectivity index (χ0n) is 13.6. The molecule has 0 amide bonds. The fraction of sp³-hybridized carbons (Fsp3) is 0.312. The molecular weight excluding hydrogens is 340 g/mol. The number of rotatable bonds is 4. The Morgan fingerprint density at radius 2 is 1.92 bits per heavy atom. The predicted molar refractivity (Wildman–Crippen MR) is 92.5 cm³/mol. The fourth-order valence-corrected chi connectivity index (χ4v) is 2.94. The molecule has 1 fully saturated rings. The molecule has 0 spiro atoms. The Labute approximate surface area is 147 Å². The SMILES string of the molecule is Nc1nc(Nc2ccccc2)nc2c1ncn2[C@@H]1O[C@H](CO)C(O)[C@@H]1O. The highest BCUT2D eigenvalue weighted by atomic mass is 16.6. The average Bonchev–Trinajstić information content (AvgIpc) is 3.18. The molecule has 3 heterocycles. The molecule has 1 aliphatic rings. The van der Waals surface area contributed by atoms with Gasteiger partial charge in [-0.3, -0.25) is 4.57 Å². The first-order valence-corrected chi connectivity index (χ1v) is 8.03. The van der Waals surface area contributed by atoms with Gasteiger partial charge in [0, 0.05) is 5.69 Å². The smallest absolute Gasteiger partial charge is 0.231 e. The molecule has 4 rings (SSSR count). The molecule has 1 saturated heterocycles. The normalized spacial score (nSPS) is 25.7. The van der Waals surface area contributed by atoms with E-state index in [-0.39, 0.29) is 11.8 Å². The number of aliphatic hydroxyl groups excluding tert-OH is 3. The summed E-state index contributed by atoms with van der Waals surface area (Å²) in [5, 5.41) is 32.5. The number of ether oxygens (including phenoxy) is 1.